The van der Waals surface area contributed by atoms with Gasteiger partial charge >= 0.3 is 11.7 Å². The number of hydrogen-bond donors (Lipinski definition) is 1. The molecule has 0 fully saturated rings. The summed E-state index contributed by atoms with van der Waals surface area (Å²) in [7, 11) is 5.14. The summed E-state index contributed by atoms with van der Waals surface area (Å²) in [6.45, 7) is 3.88. The van der Waals surface area contributed by atoms with E-state index in [2.05, 4.69) is 22.5 Å². The van der Waals surface area contributed by atoms with Crippen LogP contribution in [0.1, 0.15) is 25.8 Å². The lowest BCUT2D eigenvalue weighted by Crippen LogP contribution is -2.48. The smallest absolute Gasteiger partial charge is 0.347 e. The second-order valence-electron chi connectivity index (χ2n) is 6.75. The number of carbonyl (C=O) groups is 1. The predicted octanol–water partition coefficient (Wildman–Crippen LogP) is 1.62. The van der Waals surface area contributed by atoms with Crippen LogP contribution in [-0.2, 0) is 13.5 Å². The first-order valence-electron chi connectivity index (χ1n) is 7.91. The van der Waals surface area contributed by atoms with Gasteiger partial charge in [0, 0.05) is 26.7 Å². The van der Waals surface area contributed by atoms with Crippen molar-refractivity contribution in [2.45, 2.75) is 32.2 Å². The SMILES string of the molecule is CN(C)c1nn(C(=O)NC(C)(C)CCc2ccccc2)c(=O)n1C. The maximum atomic E-state index is 12.4. The number of hydrogen-bond acceptors (Lipinski definition) is 4. The average Bonchev–Trinajstić information content (AvgIpc) is 2.82. The second kappa shape index (κ2) is 6.90. The van der Waals surface area contributed by atoms with Crippen molar-refractivity contribution in [2.75, 3.05) is 19.0 Å². The Morgan fingerprint density at radius 2 is 1.88 bits per heavy atom. The molecule has 0 aliphatic carbocycles. The zero-order valence-corrected chi connectivity index (χ0v) is 14.9. The number of aromatic nitrogens is 3. The molecule has 1 heterocycles. The van der Waals surface area contributed by atoms with E-state index in [9.17, 15) is 9.59 Å². The summed E-state index contributed by atoms with van der Waals surface area (Å²) in [5, 5.41) is 6.99. The van der Waals surface area contributed by atoms with Crippen LogP contribution in [0.5, 0.6) is 0 Å². The van der Waals surface area contributed by atoms with Crippen molar-refractivity contribution in [3.8, 4) is 0 Å². The van der Waals surface area contributed by atoms with Crippen LogP contribution in [0.2, 0.25) is 0 Å². The molecule has 0 atom stereocenters. The van der Waals surface area contributed by atoms with Crippen molar-refractivity contribution < 1.29 is 4.79 Å². The third-order valence-corrected chi connectivity index (χ3v) is 3.88. The van der Waals surface area contributed by atoms with Crippen molar-refractivity contribution in [2.24, 2.45) is 7.05 Å². The van der Waals surface area contributed by atoms with Crippen LogP contribution in [0.4, 0.5) is 10.7 Å². The van der Waals surface area contributed by atoms with E-state index in [0.29, 0.717) is 5.95 Å². The zero-order valence-electron chi connectivity index (χ0n) is 14.9. The number of benzene rings is 1. The number of anilines is 1. The summed E-state index contributed by atoms with van der Waals surface area (Å²) >= 11 is 0. The Morgan fingerprint density at radius 1 is 1.25 bits per heavy atom. The highest BCUT2D eigenvalue weighted by atomic mass is 16.2. The van der Waals surface area contributed by atoms with Gasteiger partial charge in [-0.3, -0.25) is 4.57 Å². The highest BCUT2D eigenvalue weighted by molar-refractivity contribution is 5.76. The van der Waals surface area contributed by atoms with Crippen molar-refractivity contribution in [1.82, 2.24) is 19.7 Å². The Kier molecular flexibility index (Phi) is 5.11. The van der Waals surface area contributed by atoms with Gasteiger partial charge in [0.05, 0.1) is 0 Å². The van der Waals surface area contributed by atoms with Gasteiger partial charge in [-0.1, -0.05) is 30.3 Å². The quantitative estimate of drug-likeness (QED) is 0.904. The van der Waals surface area contributed by atoms with Crippen LogP contribution in [-0.4, -0.2) is 40.0 Å². The molecule has 2 rings (SSSR count). The number of amides is 1. The molecule has 1 aromatic heterocycles. The van der Waals surface area contributed by atoms with E-state index in [1.807, 2.05) is 32.0 Å². The fourth-order valence-corrected chi connectivity index (χ4v) is 2.46. The molecule has 130 valence electrons. The lowest BCUT2D eigenvalue weighted by molar-refractivity contribution is 0.225. The Hall–Kier alpha value is -2.57. The van der Waals surface area contributed by atoms with Gasteiger partial charge in [0.2, 0.25) is 5.95 Å². The number of aryl methyl sites for hydroxylation is 1. The standard InChI is InChI=1S/C17H25N5O2/c1-17(2,12-11-13-9-7-6-8-10-13)18-15(23)22-16(24)21(5)14(19-22)20(3)4/h6-10H,11-12H2,1-5H3,(H,18,23). The Morgan fingerprint density at radius 3 is 2.42 bits per heavy atom. The fourth-order valence-electron chi connectivity index (χ4n) is 2.46. The minimum atomic E-state index is -0.512. The van der Waals surface area contributed by atoms with E-state index >= 15 is 0 Å². The van der Waals surface area contributed by atoms with E-state index < -0.39 is 17.3 Å². The summed E-state index contributed by atoms with van der Waals surface area (Å²) in [5.41, 5.74) is 0.294. The molecule has 1 amide bonds. The van der Waals surface area contributed by atoms with Gasteiger partial charge in [-0.2, -0.15) is 0 Å². The molecule has 7 nitrogen and oxygen atoms in total. The minimum absolute atomic E-state index is 0.428. The van der Waals surface area contributed by atoms with Crippen LogP contribution in [0.15, 0.2) is 35.1 Å². The van der Waals surface area contributed by atoms with E-state index in [4.69, 9.17) is 0 Å². The topological polar surface area (TPSA) is 72.2 Å². The molecular formula is C17H25N5O2. The molecule has 7 heteroatoms. The van der Waals surface area contributed by atoms with E-state index in [1.165, 1.54) is 10.1 Å². The van der Waals surface area contributed by atoms with Crippen molar-refractivity contribution in [3.63, 3.8) is 0 Å². The maximum absolute atomic E-state index is 12.4. The lowest BCUT2D eigenvalue weighted by Gasteiger charge is -2.25. The Balaban J connectivity index is 2.08. The summed E-state index contributed by atoms with van der Waals surface area (Å²) < 4.78 is 2.22. The third kappa shape index (κ3) is 4.04. The fraction of sp³-hybridized carbons (Fsp3) is 0.471. The Bertz CT molecular complexity index is 759. The molecular weight excluding hydrogens is 306 g/mol. The Labute approximate surface area is 141 Å². The van der Waals surface area contributed by atoms with Crippen LogP contribution in [0.3, 0.4) is 0 Å². The van der Waals surface area contributed by atoms with Crippen molar-refractivity contribution in [1.29, 1.82) is 0 Å². The van der Waals surface area contributed by atoms with E-state index in [1.54, 1.807) is 26.0 Å². The summed E-state index contributed by atoms with van der Waals surface area (Å²) in [5.74, 6) is 0.428. The molecule has 1 N–H and O–H groups in total. The molecule has 0 aliphatic rings. The average molecular weight is 331 g/mol. The van der Waals surface area contributed by atoms with Crippen LogP contribution >= 0.6 is 0 Å². The summed E-state index contributed by atoms with van der Waals surface area (Å²) in [4.78, 5) is 26.3. The molecule has 0 unspecified atom stereocenters. The second-order valence-corrected chi connectivity index (χ2v) is 6.75. The summed E-state index contributed by atoms with van der Waals surface area (Å²) in [6, 6.07) is 9.58. The van der Waals surface area contributed by atoms with Crippen LogP contribution in [0.25, 0.3) is 0 Å². The van der Waals surface area contributed by atoms with Gasteiger partial charge in [-0.15, -0.1) is 9.78 Å². The first-order valence-corrected chi connectivity index (χ1v) is 7.91. The monoisotopic (exact) mass is 331 g/mol. The molecule has 24 heavy (non-hydrogen) atoms. The highest BCUT2D eigenvalue weighted by Crippen LogP contribution is 2.14. The predicted molar refractivity (Wildman–Crippen MR) is 94.6 cm³/mol. The first-order chi connectivity index (χ1) is 11.2. The van der Waals surface area contributed by atoms with Crippen LogP contribution in [0, 0.1) is 0 Å². The van der Waals surface area contributed by atoms with E-state index in [-0.39, 0.29) is 0 Å². The summed E-state index contributed by atoms with van der Waals surface area (Å²) in [6.07, 6.45) is 1.60. The van der Waals surface area contributed by atoms with Gasteiger partial charge in [-0.25, -0.2) is 9.59 Å². The van der Waals surface area contributed by atoms with Gasteiger partial charge < -0.3 is 10.2 Å². The minimum Gasteiger partial charge on any atom is -0.347 e. The molecule has 2 aromatic rings. The number of nitrogens with one attached hydrogen (secondary N) is 1. The van der Waals surface area contributed by atoms with Crippen molar-refractivity contribution in [3.05, 3.63) is 46.4 Å². The molecule has 0 saturated carbocycles. The highest BCUT2D eigenvalue weighted by Gasteiger charge is 2.24. The molecule has 0 bridgehead atoms. The molecule has 0 aliphatic heterocycles. The van der Waals surface area contributed by atoms with Gasteiger partial charge in [-0.05, 0) is 32.3 Å². The zero-order chi connectivity index (χ0) is 17.9. The van der Waals surface area contributed by atoms with Gasteiger partial charge in [0.25, 0.3) is 0 Å². The molecule has 1 aromatic carbocycles. The number of nitrogens with zero attached hydrogens (tertiary/aromatic N) is 4. The number of carbonyl (C=O) groups excluding carboxylic acids is 1. The molecule has 0 spiro atoms. The van der Waals surface area contributed by atoms with Crippen LogP contribution < -0.4 is 15.9 Å². The normalized spacial score (nSPS) is 11.4. The third-order valence-electron chi connectivity index (χ3n) is 3.88. The van der Waals surface area contributed by atoms with Crippen molar-refractivity contribution >= 4 is 12.0 Å². The largest absolute Gasteiger partial charge is 0.355 e. The first kappa shape index (κ1) is 17.8. The molecule has 0 saturated heterocycles. The van der Waals surface area contributed by atoms with Gasteiger partial charge in [0.15, 0.2) is 0 Å². The lowest BCUT2D eigenvalue weighted by atomic mass is 9.95. The molecule has 0 radical (unpaired) electrons. The number of rotatable bonds is 5. The maximum Gasteiger partial charge on any atom is 0.355 e. The van der Waals surface area contributed by atoms with Gasteiger partial charge in [0.1, 0.15) is 0 Å². The van der Waals surface area contributed by atoms with E-state index in [0.717, 1.165) is 17.5 Å².